The fourth-order valence-electron chi connectivity index (χ4n) is 3.15. The van der Waals surface area contributed by atoms with Crippen molar-refractivity contribution >= 4 is 17.7 Å². The molecule has 1 saturated heterocycles. The highest BCUT2D eigenvalue weighted by Crippen LogP contribution is 2.41. The second kappa shape index (κ2) is 7.05. The van der Waals surface area contributed by atoms with E-state index in [0.717, 1.165) is 35.7 Å². The number of ether oxygens (including phenoxy) is 1. The lowest BCUT2D eigenvalue weighted by Crippen LogP contribution is -2.22. The van der Waals surface area contributed by atoms with Gasteiger partial charge in [0.2, 0.25) is 5.95 Å². The number of nitrogens with zero attached hydrogens (tertiary/aromatic N) is 4. The minimum atomic E-state index is 0.607. The molecule has 0 atom stereocenters. The van der Waals surface area contributed by atoms with Crippen LogP contribution in [-0.2, 0) is 0 Å². The first-order chi connectivity index (χ1) is 11.8. The standard InChI is InChI=1S/C18H24N4OS/c1-14-5-4-6-16(13-14)23-11-12-24-18-20-19-17(21-9-2-3-10-21)22(18)15-7-8-15/h4-6,13,15H,2-3,7-12H2,1H3. The van der Waals surface area contributed by atoms with Gasteiger partial charge in [0.1, 0.15) is 5.75 Å². The van der Waals surface area contributed by atoms with Gasteiger partial charge in [-0.2, -0.15) is 0 Å². The third-order valence-corrected chi connectivity index (χ3v) is 5.43. The average molecular weight is 344 g/mol. The number of thioether (sulfide) groups is 1. The molecular weight excluding hydrogens is 320 g/mol. The van der Waals surface area contributed by atoms with Gasteiger partial charge in [0.15, 0.2) is 5.16 Å². The van der Waals surface area contributed by atoms with Crippen LogP contribution in [0.3, 0.4) is 0 Å². The van der Waals surface area contributed by atoms with Gasteiger partial charge in [0, 0.05) is 24.9 Å². The van der Waals surface area contributed by atoms with Crippen LogP contribution in [0.5, 0.6) is 5.75 Å². The molecule has 2 heterocycles. The first-order valence-corrected chi connectivity index (χ1v) is 9.82. The van der Waals surface area contributed by atoms with Gasteiger partial charge in [-0.1, -0.05) is 23.9 Å². The minimum Gasteiger partial charge on any atom is -0.493 e. The molecule has 2 fully saturated rings. The number of anilines is 1. The van der Waals surface area contributed by atoms with Crippen molar-refractivity contribution < 1.29 is 4.74 Å². The van der Waals surface area contributed by atoms with Crippen LogP contribution in [0.15, 0.2) is 29.4 Å². The number of hydrogen-bond acceptors (Lipinski definition) is 5. The normalized spacial score (nSPS) is 17.5. The van der Waals surface area contributed by atoms with Crippen LogP contribution in [-0.4, -0.2) is 40.2 Å². The minimum absolute atomic E-state index is 0.607. The lowest BCUT2D eigenvalue weighted by Gasteiger charge is -2.18. The zero-order valence-corrected chi connectivity index (χ0v) is 15.0. The molecule has 24 heavy (non-hydrogen) atoms. The highest BCUT2D eigenvalue weighted by molar-refractivity contribution is 7.99. The summed E-state index contributed by atoms with van der Waals surface area (Å²) in [6, 6.07) is 8.80. The Kier molecular flexibility index (Phi) is 4.65. The Morgan fingerprint density at radius 1 is 1.21 bits per heavy atom. The van der Waals surface area contributed by atoms with Crippen molar-refractivity contribution in [1.82, 2.24) is 14.8 Å². The van der Waals surface area contributed by atoms with E-state index in [0.29, 0.717) is 12.6 Å². The summed E-state index contributed by atoms with van der Waals surface area (Å²) in [5.74, 6) is 2.91. The van der Waals surface area contributed by atoms with E-state index in [2.05, 4.69) is 38.7 Å². The molecule has 0 amide bonds. The zero-order valence-electron chi connectivity index (χ0n) is 14.1. The summed E-state index contributed by atoms with van der Waals surface area (Å²) < 4.78 is 8.21. The topological polar surface area (TPSA) is 43.2 Å². The Hall–Kier alpha value is -1.69. The first-order valence-electron chi connectivity index (χ1n) is 8.83. The van der Waals surface area contributed by atoms with Crippen molar-refractivity contribution in [3.8, 4) is 5.75 Å². The SMILES string of the molecule is Cc1cccc(OCCSc2nnc(N3CCCC3)n2C2CC2)c1. The molecule has 1 aliphatic heterocycles. The van der Waals surface area contributed by atoms with E-state index >= 15 is 0 Å². The molecular formula is C18H24N4OS. The third kappa shape index (κ3) is 3.53. The maximum absolute atomic E-state index is 5.84. The number of aromatic nitrogens is 3. The van der Waals surface area contributed by atoms with Gasteiger partial charge in [-0.25, -0.2) is 0 Å². The van der Waals surface area contributed by atoms with Crippen LogP contribution in [0.1, 0.15) is 37.3 Å². The van der Waals surface area contributed by atoms with E-state index in [-0.39, 0.29) is 0 Å². The third-order valence-electron chi connectivity index (χ3n) is 4.52. The molecule has 5 nitrogen and oxygen atoms in total. The van der Waals surface area contributed by atoms with E-state index in [4.69, 9.17) is 4.74 Å². The Morgan fingerprint density at radius 2 is 2.04 bits per heavy atom. The summed E-state index contributed by atoms with van der Waals surface area (Å²) in [6.45, 7) is 5.00. The van der Waals surface area contributed by atoms with Crippen LogP contribution >= 0.6 is 11.8 Å². The molecule has 1 saturated carbocycles. The van der Waals surface area contributed by atoms with Crippen LogP contribution < -0.4 is 9.64 Å². The zero-order chi connectivity index (χ0) is 16.4. The molecule has 0 bridgehead atoms. The molecule has 6 heteroatoms. The molecule has 0 radical (unpaired) electrons. The lowest BCUT2D eigenvalue weighted by molar-refractivity contribution is 0.343. The summed E-state index contributed by atoms with van der Waals surface area (Å²) in [7, 11) is 0. The van der Waals surface area contributed by atoms with Crippen LogP contribution in [0.25, 0.3) is 0 Å². The van der Waals surface area contributed by atoms with Crippen LogP contribution in [0, 0.1) is 6.92 Å². The number of hydrogen-bond donors (Lipinski definition) is 0. The molecule has 1 aromatic heterocycles. The Labute approximate surface area is 147 Å². The summed E-state index contributed by atoms with van der Waals surface area (Å²) in [4.78, 5) is 2.39. The molecule has 2 aromatic rings. The van der Waals surface area contributed by atoms with Crippen molar-refractivity contribution in [2.45, 2.75) is 43.8 Å². The second-order valence-electron chi connectivity index (χ2n) is 6.59. The van der Waals surface area contributed by atoms with Gasteiger partial charge in [0.25, 0.3) is 0 Å². The van der Waals surface area contributed by atoms with Gasteiger partial charge in [-0.05, 0) is 50.3 Å². The summed E-state index contributed by atoms with van der Waals surface area (Å²) in [5.41, 5.74) is 1.23. The van der Waals surface area contributed by atoms with Crippen LogP contribution in [0.2, 0.25) is 0 Å². The van der Waals surface area contributed by atoms with E-state index in [1.165, 1.54) is 31.2 Å². The van der Waals surface area contributed by atoms with E-state index in [9.17, 15) is 0 Å². The van der Waals surface area contributed by atoms with Gasteiger partial charge in [-0.3, -0.25) is 4.57 Å². The molecule has 0 N–H and O–H groups in total. The molecule has 0 unspecified atom stereocenters. The van der Waals surface area contributed by atoms with E-state index in [1.807, 2.05) is 12.1 Å². The predicted molar refractivity (Wildman–Crippen MR) is 97.1 cm³/mol. The van der Waals surface area contributed by atoms with Gasteiger partial charge in [0.05, 0.1) is 6.61 Å². The maximum atomic E-state index is 5.84. The fraction of sp³-hybridized carbons (Fsp3) is 0.556. The summed E-state index contributed by atoms with van der Waals surface area (Å²) >= 11 is 1.76. The van der Waals surface area contributed by atoms with Gasteiger partial charge >= 0.3 is 0 Å². The second-order valence-corrected chi connectivity index (χ2v) is 7.65. The number of rotatable bonds is 7. The van der Waals surface area contributed by atoms with Crippen molar-refractivity contribution in [3.63, 3.8) is 0 Å². The first kappa shape index (κ1) is 15.8. The van der Waals surface area contributed by atoms with Crippen molar-refractivity contribution in [2.24, 2.45) is 0 Å². The average Bonchev–Trinajstić information content (AvgIpc) is 3.10. The van der Waals surface area contributed by atoms with Gasteiger partial charge in [-0.15, -0.1) is 10.2 Å². The Balaban J connectivity index is 1.36. The number of benzene rings is 1. The lowest BCUT2D eigenvalue weighted by atomic mass is 10.2. The summed E-state index contributed by atoms with van der Waals surface area (Å²) in [6.07, 6.45) is 5.05. The fourth-order valence-corrected chi connectivity index (χ4v) is 3.97. The molecule has 4 rings (SSSR count). The smallest absolute Gasteiger partial charge is 0.228 e. The van der Waals surface area contributed by atoms with Crippen molar-refractivity contribution in [2.75, 3.05) is 30.3 Å². The predicted octanol–water partition coefficient (Wildman–Crippen LogP) is 3.69. The van der Waals surface area contributed by atoms with Gasteiger partial charge < -0.3 is 9.64 Å². The Morgan fingerprint density at radius 3 is 2.79 bits per heavy atom. The molecule has 1 aliphatic carbocycles. The highest BCUT2D eigenvalue weighted by Gasteiger charge is 2.32. The Bertz CT molecular complexity index is 692. The highest BCUT2D eigenvalue weighted by atomic mass is 32.2. The molecule has 2 aliphatic rings. The largest absolute Gasteiger partial charge is 0.493 e. The maximum Gasteiger partial charge on any atom is 0.228 e. The monoisotopic (exact) mass is 344 g/mol. The quantitative estimate of drug-likeness (QED) is 0.566. The van der Waals surface area contributed by atoms with Crippen LogP contribution in [0.4, 0.5) is 5.95 Å². The van der Waals surface area contributed by atoms with E-state index < -0.39 is 0 Å². The van der Waals surface area contributed by atoms with Crippen molar-refractivity contribution in [1.29, 1.82) is 0 Å². The summed E-state index contributed by atoms with van der Waals surface area (Å²) in [5, 5.41) is 9.99. The number of aryl methyl sites for hydroxylation is 1. The van der Waals surface area contributed by atoms with E-state index in [1.54, 1.807) is 11.8 Å². The molecule has 128 valence electrons. The van der Waals surface area contributed by atoms with Crippen molar-refractivity contribution in [3.05, 3.63) is 29.8 Å². The molecule has 0 spiro atoms. The molecule has 1 aromatic carbocycles.